The van der Waals surface area contributed by atoms with E-state index < -0.39 is 5.60 Å². The Morgan fingerprint density at radius 2 is 2.00 bits per heavy atom. The quantitative estimate of drug-likeness (QED) is 0.731. The van der Waals surface area contributed by atoms with E-state index in [0.717, 1.165) is 0 Å². The van der Waals surface area contributed by atoms with Crippen LogP contribution in [0.2, 0.25) is 0 Å². The Labute approximate surface area is 122 Å². The molecular formula is C15H28N2O3. The van der Waals surface area contributed by atoms with Crippen LogP contribution in [-0.4, -0.2) is 42.1 Å². The van der Waals surface area contributed by atoms with Crippen molar-refractivity contribution in [3.63, 3.8) is 0 Å². The number of carbonyl (C=O) groups excluding carboxylic acids is 2. The molecule has 116 valence electrons. The molecule has 0 aromatic rings. The number of nitrogens with zero attached hydrogens (tertiary/aromatic N) is 1. The SMILES string of the molecule is C=CCCC(=O)NCCC(C)N(C)C(=O)OC(C)(C)C. The first-order valence-corrected chi connectivity index (χ1v) is 7.00. The van der Waals surface area contributed by atoms with Crippen LogP contribution in [0.25, 0.3) is 0 Å². The Bertz CT molecular complexity index is 335. The third-order valence-electron chi connectivity index (χ3n) is 2.80. The average Bonchev–Trinajstić information content (AvgIpc) is 2.33. The summed E-state index contributed by atoms with van der Waals surface area (Å²) < 4.78 is 5.29. The fraction of sp³-hybridized carbons (Fsp3) is 0.733. The topological polar surface area (TPSA) is 58.6 Å². The second-order valence-electron chi connectivity index (χ2n) is 5.91. The predicted octanol–water partition coefficient (Wildman–Crippen LogP) is 2.71. The van der Waals surface area contributed by atoms with Gasteiger partial charge in [0.2, 0.25) is 5.91 Å². The van der Waals surface area contributed by atoms with E-state index >= 15 is 0 Å². The monoisotopic (exact) mass is 284 g/mol. The van der Waals surface area contributed by atoms with Gasteiger partial charge >= 0.3 is 6.09 Å². The molecule has 5 nitrogen and oxygen atoms in total. The van der Waals surface area contributed by atoms with Gasteiger partial charge in [-0.2, -0.15) is 0 Å². The predicted molar refractivity (Wildman–Crippen MR) is 80.5 cm³/mol. The summed E-state index contributed by atoms with van der Waals surface area (Å²) in [5, 5.41) is 2.82. The van der Waals surface area contributed by atoms with Crippen LogP contribution in [0.3, 0.4) is 0 Å². The van der Waals surface area contributed by atoms with Gasteiger partial charge in [0.05, 0.1) is 0 Å². The van der Waals surface area contributed by atoms with Crippen molar-refractivity contribution in [1.82, 2.24) is 10.2 Å². The van der Waals surface area contributed by atoms with Crippen LogP contribution >= 0.6 is 0 Å². The van der Waals surface area contributed by atoms with Crippen molar-refractivity contribution in [2.24, 2.45) is 0 Å². The summed E-state index contributed by atoms with van der Waals surface area (Å²) in [7, 11) is 1.71. The van der Waals surface area contributed by atoms with E-state index in [1.54, 1.807) is 18.0 Å². The van der Waals surface area contributed by atoms with Crippen molar-refractivity contribution < 1.29 is 14.3 Å². The van der Waals surface area contributed by atoms with Gasteiger partial charge in [-0.3, -0.25) is 4.79 Å². The highest BCUT2D eigenvalue weighted by Crippen LogP contribution is 2.11. The molecule has 0 aliphatic rings. The maximum atomic E-state index is 11.8. The second-order valence-corrected chi connectivity index (χ2v) is 5.91. The van der Waals surface area contributed by atoms with Gasteiger partial charge in [-0.15, -0.1) is 6.58 Å². The van der Waals surface area contributed by atoms with E-state index in [9.17, 15) is 9.59 Å². The molecule has 0 aromatic heterocycles. The van der Waals surface area contributed by atoms with Crippen LogP contribution in [0.15, 0.2) is 12.7 Å². The van der Waals surface area contributed by atoms with Gasteiger partial charge in [0.1, 0.15) is 5.60 Å². The van der Waals surface area contributed by atoms with Crippen LogP contribution in [0.1, 0.15) is 47.0 Å². The van der Waals surface area contributed by atoms with Crippen LogP contribution in [0.5, 0.6) is 0 Å². The van der Waals surface area contributed by atoms with Crippen molar-refractivity contribution >= 4 is 12.0 Å². The highest BCUT2D eigenvalue weighted by molar-refractivity contribution is 5.75. The molecule has 0 fully saturated rings. The number of allylic oxidation sites excluding steroid dienone is 1. The molecule has 1 atom stereocenters. The van der Waals surface area contributed by atoms with Gasteiger partial charge in [-0.05, 0) is 40.5 Å². The lowest BCUT2D eigenvalue weighted by atomic mass is 10.2. The number of nitrogens with one attached hydrogen (secondary N) is 1. The van der Waals surface area contributed by atoms with E-state index in [2.05, 4.69) is 11.9 Å². The molecule has 0 saturated carbocycles. The molecule has 0 saturated heterocycles. The second kappa shape index (κ2) is 8.61. The Balaban J connectivity index is 4.02. The van der Waals surface area contributed by atoms with E-state index in [1.807, 2.05) is 27.7 Å². The van der Waals surface area contributed by atoms with Crippen molar-refractivity contribution in [2.45, 2.75) is 58.6 Å². The molecule has 1 unspecified atom stereocenters. The van der Waals surface area contributed by atoms with Gasteiger partial charge in [0.25, 0.3) is 0 Å². The molecule has 0 aliphatic carbocycles. The average molecular weight is 284 g/mol. The normalized spacial score (nSPS) is 12.4. The van der Waals surface area contributed by atoms with E-state index in [4.69, 9.17) is 4.74 Å². The minimum Gasteiger partial charge on any atom is -0.444 e. The van der Waals surface area contributed by atoms with Gasteiger partial charge in [-0.25, -0.2) is 4.79 Å². The third-order valence-corrected chi connectivity index (χ3v) is 2.80. The first-order chi connectivity index (χ1) is 9.17. The van der Waals surface area contributed by atoms with Gasteiger partial charge in [0, 0.05) is 26.1 Å². The summed E-state index contributed by atoms with van der Waals surface area (Å²) >= 11 is 0. The molecule has 5 heteroatoms. The van der Waals surface area contributed by atoms with Gasteiger partial charge in [-0.1, -0.05) is 6.08 Å². The standard InChI is InChI=1S/C15H28N2O3/c1-7-8-9-13(18)16-11-10-12(2)17(6)14(19)20-15(3,4)5/h7,12H,1,8-11H2,2-6H3,(H,16,18). The van der Waals surface area contributed by atoms with Gasteiger partial charge < -0.3 is 15.0 Å². The molecular weight excluding hydrogens is 256 g/mol. The largest absolute Gasteiger partial charge is 0.444 e. The van der Waals surface area contributed by atoms with E-state index in [0.29, 0.717) is 25.8 Å². The number of ether oxygens (including phenoxy) is 1. The summed E-state index contributed by atoms with van der Waals surface area (Å²) in [6, 6.07) is 0.00422. The number of hydrogen-bond donors (Lipinski definition) is 1. The zero-order chi connectivity index (χ0) is 15.8. The number of amides is 2. The fourth-order valence-corrected chi connectivity index (χ4v) is 1.45. The van der Waals surface area contributed by atoms with Crippen LogP contribution in [-0.2, 0) is 9.53 Å². The molecule has 0 spiro atoms. The molecule has 0 radical (unpaired) electrons. The zero-order valence-electron chi connectivity index (χ0n) is 13.4. The molecule has 0 bridgehead atoms. The van der Waals surface area contributed by atoms with Crippen LogP contribution < -0.4 is 5.32 Å². The highest BCUT2D eigenvalue weighted by Gasteiger charge is 2.22. The van der Waals surface area contributed by atoms with Crippen molar-refractivity contribution in [1.29, 1.82) is 0 Å². The Kier molecular flexibility index (Phi) is 7.96. The molecule has 1 N–H and O–H groups in total. The smallest absolute Gasteiger partial charge is 0.410 e. The number of carbonyl (C=O) groups is 2. The Hall–Kier alpha value is -1.52. The number of rotatable bonds is 7. The molecule has 0 rings (SSSR count). The maximum Gasteiger partial charge on any atom is 0.410 e. The van der Waals surface area contributed by atoms with E-state index in [1.165, 1.54) is 0 Å². The third kappa shape index (κ3) is 8.56. The molecule has 0 aromatic carbocycles. The molecule has 0 heterocycles. The van der Waals surface area contributed by atoms with Gasteiger partial charge in [0.15, 0.2) is 0 Å². The fourth-order valence-electron chi connectivity index (χ4n) is 1.45. The minimum atomic E-state index is -0.496. The first-order valence-electron chi connectivity index (χ1n) is 7.00. The summed E-state index contributed by atoms with van der Waals surface area (Å²) in [5.74, 6) is 0.0111. The molecule has 2 amide bonds. The van der Waals surface area contributed by atoms with Crippen molar-refractivity contribution in [3.8, 4) is 0 Å². The van der Waals surface area contributed by atoms with Crippen LogP contribution in [0.4, 0.5) is 4.79 Å². The highest BCUT2D eigenvalue weighted by atomic mass is 16.6. The lowest BCUT2D eigenvalue weighted by Gasteiger charge is -2.28. The van der Waals surface area contributed by atoms with Crippen molar-refractivity contribution in [2.75, 3.05) is 13.6 Å². The molecule has 20 heavy (non-hydrogen) atoms. The maximum absolute atomic E-state index is 11.8. The first kappa shape index (κ1) is 18.5. The summed E-state index contributed by atoms with van der Waals surface area (Å²) in [4.78, 5) is 24.8. The van der Waals surface area contributed by atoms with E-state index in [-0.39, 0.29) is 18.0 Å². The summed E-state index contributed by atoms with van der Waals surface area (Å²) in [6.45, 7) is 11.6. The van der Waals surface area contributed by atoms with Crippen molar-refractivity contribution in [3.05, 3.63) is 12.7 Å². The Morgan fingerprint density at radius 1 is 1.40 bits per heavy atom. The summed E-state index contributed by atoms with van der Waals surface area (Å²) in [5.41, 5.74) is -0.496. The lowest BCUT2D eigenvalue weighted by Crippen LogP contribution is -2.41. The zero-order valence-corrected chi connectivity index (χ0v) is 13.4. The summed E-state index contributed by atoms with van der Waals surface area (Å²) in [6.07, 6.45) is 3.20. The van der Waals surface area contributed by atoms with Crippen LogP contribution in [0, 0.1) is 0 Å². The minimum absolute atomic E-state index is 0.00422. The lowest BCUT2D eigenvalue weighted by molar-refractivity contribution is -0.121. The Morgan fingerprint density at radius 3 is 2.50 bits per heavy atom. The number of hydrogen-bond acceptors (Lipinski definition) is 3. The molecule has 0 aliphatic heterocycles.